The number of hydrogen-bond donors (Lipinski definition) is 2. The van der Waals surface area contributed by atoms with E-state index in [0.29, 0.717) is 0 Å². The zero-order chi connectivity index (χ0) is 10.0. The molecule has 0 fully saturated rings. The van der Waals surface area contributed by atoms with E-state index in [4.69, 9.17) is 11.5 Å². The molecule has 1 atom stereocenters. The van der Waals surface area contributed by atoms with Crippen LogP contribution >= 0.6 is 0 Å². The molecule has 1 aromatic carbocycles. The molecule has 13 heavy (non-hydrogen) atoms. The molecule has 1 aromatic rings. The van der Waals surface area contributed by atoms with Crippen molar-refractivity contribution in [2.45, 2.75) is 13.1 Å². The van der Waals surface area contributed by atoms with Crippen molar-refractivity contribution in [3.63, 3.8) is 0 Å². The van der Waals surface area contributed by atoms with Crippen LogP contribution in [-0.2, 0) is 4.79 Å². The number of nitrogens with two attached hydrogens (primary N) is 2. The molecule has 0 bridgehead atoms. The number of primary amides is 1. The maximum Gasteiger partial charge on any atom is 0.256 e. The Morgan fingerprint density at radius 3 is 2.69 bits per heavy atom. The summed E-state index contributed by atoms with van der Waals surface area (Å²) >= 11 is 0. The molecule has 0 spiro atoms. The van der Waals surface area contributed by atoms with E-state index in [9.17, 15) is 9.18 Å². The van der Waals surface area contributed by atoms with Gasteiger partial charge in [-0.2, -0.15) is 0 Å². The second kappa shape index (κ2) is 3.43. The predicted octanol–water partition coefficient (Wildman–Crippen LogP) is 1.07. The molecule has 3 nitrogen and oxygen atoms in total. The van der Waals surface area contributed by atoms with Gasteiger partial charge in [0.05, 0.1) is 0 Å². The Labute approximate surface area is 75.5 Å². The molecule has 0 saturated carbocycles. The van der Waals surface area contributed by atoms with Crippen molar-refractivity contribution in [2.75, 3.05) is 5.73 Å². The summed E-state index contributed by atoms with van der Waals surface area (Å²) in [6, 6.07) is 4.82. The number of rotatable bonds is 2. The number of carbonyl (C=O) groups is 1. The number of anilines is 1. The monoisotopic (exact) mass is 182 g/mol. The summed E-state index contributed by atoms with van der Waals surface area (Å²) in [5, 5.41) is 0. The zero-order valence-electron chi connectivity index (χ0n) is 7.25. The minimum Gasteiger partial charge on any atom is -0.398 e. The quantitative estimate of drug-likeness (QED) is 0.672. The molecular formula is C9H11FN2O. The minimum absolute atomic E-state index is 0.146. The van der Waals surface area contributed by atoms with Gasteiger partial charge >= 0.3 is 0 Å². The predicted molar refractivity (Wildman–Crippen MR) is 48.6 cm³/mol. The van der Waals surface area contributed by atoms with E-state index in [1.54, 1.807) is 19.1 Å². The minimum atomic E-state index is -1.82. The Hall–Kier alpha value is -1.58. The summed E-state index contributed by atoms with van der Waals surface area (Å²) in [6.07, 6.45) is -1.82. The fourth-order valence-corrected chi connectivity index (χ4v) is 1.07. The molecule has 0 aromatic heterocycles. The zero-order valence-corrected chi connectivity index (χ0v) is 7.25. The third-order valence-corrected chi connectivity index (χ3v) is 1.77. The van der Waals surface area contributed by atoms with E-state index >= 15 is 0 Å². The molecule has 0 heterocycles. The second-order valence-electron chi connectivity index (χ2n) is 2.90. The van der Waals surface area contributed by atoms with Crippen molar-refractivity contribution < 1.29 is 9.18 Å². The lowest BCUT2D eigenvalue weighted by atomic mass is 10.1. The lowest BCUT2D eigenvalue weighted by Crippen LogP contribution is -2.18. The van der Waals surface area contributed by atoms with Crippen LogP contribution in [0.4, 0.5) is 10.1 Å². The maximum absolute atomic E-state index is 13.1. The molecule has 4 N–H and O–H groups in total. The topological polar surface area (TPSA) is 69.1 Å². The van der Waals surface area contributed by atoms with Gasteiger partial charge in [-0.3, -0.25) is 4.79 Å². The number of amides is 1. The standard InChI is InChI=1S/C9H11FN2O/c1-5-2-3-7(11)6(4-5)8(10)9(12)13/h2-4,8H,11H2,1H3,(H2,12,13). The Bertz CT molecular complexity index is 338. The number of halogens is 1. The van der Waals surface area contributed by atoms with Crippen LogP contribution in [0.25, 0.3) is 0 Å². The first kappa shape index (κ1) is 9.51. The van der Waals surface area contributed by atoms with Crippen molar-refractivity contribution in [1.29, 1.82) is 0 Å². The van der Waals surface area contributed by atoms with Gasteiger partial charge < -0.3 is 11.5 Å². The summed E-state index contributed by atoms with van der Waals surface area (Å²) < 4.78 is 13.1. The lowest BCUT2D eigenvalue weighted by Gasteiger charge is -2.08. The third-order valence-electron chi connectivity index (χ3n) is 1.77. The van der Waals surface area contributed by atoms with Crippen LogP contribution in [-0.4, -0.2) is 5.91 Å². The maximum atomic E-state index is 13.1. The average Bonchev–Trinajstić information content (AvgIpc) is 2.08. The van der Waals surface area contributed by atoms with Crippen LogP contribution in [0.2, 0.25) is 0 Å². The Kier molecular flexibility index (Phi) is 2.51. The highest BCUT2D eigenvalue weighted by molar-refractivity contribution is 5.82. The number of aryl methyl sites for hydroxylation is 1. The van der Waals surface area contributed by atoms with Crippen molar-refractivity contribution in [1.82, 2.24) is 0 Å². The van der Waals surface area contributed by atoms with E-state index in [1.165, 1.54) is 6.07 Å². The largest absolute Gasteiger partial charge is 0.398 e. The van der Waals surface area contributed by atoms with Crippen LogP contribution in [0.5, 0.6) is 0 Å². The van der Waals surface area contributed by atoms with Gasteiger partial charge in [0.1, 0.15) is 0 Å². The molecule has 0 radical (unpaired) electrons. The molecule has 0 aliphatic heterocycles. The Morgan fingerprint density at radius 2 is 2.15 bits per heavy atom. The van der Waals surface area contributed by atoms with Crippen molar-refractivity contribution in [2.24, 2.45) is 5.73 Å². The van der Waals surface area contributed by atoms with Gasteiger partial charge in [-0.1, -0.05) is 17.7 Å². The Balaban J connectivity index is 3.12. The molecule has 0 aliphatic carbocycles. The number of carbonyl (C=O) groups excluding carboxylic acids is 1. The molecule has 0 aliphatic rings. The highest BCUT2D eigenvalue weighted by Crippen LogP contribution is 2.24. The number of hydrogen-bond acceptors (Lipinski definition) is 2. The SMILES string of the molecule is Cc1ccc(N)c(C(F)C(N)=O)c1. The number of nitrogen functional groups attached to an aromatic ring is 1. The van der Waals surface area contributed by atoms with E-state index in [0.717, 1.165) is 5.56 Å². The van der Waals surface area contributed by atoms with Crippen LogP contribution in [0, 0.1) is 6.92 Å². The van der Waals surface area contributed by atoms with Gasteiger partial charge in [0, 0.05) is 11.3 Å². The van der Waals surface area contributed by atoms with E-state index in [2.05, 4.69) is 0 Å². The highest BCUT2D eigenvalue weighted by atomic mass is 19.1. The normalized spacial score (nSPS) is 12.5. The van der Waals surface area contributed by atoms with Crippen molar-refractivity contribution in [3.05, 3.63) is 29.3 Å². The molecular weight excluding hydrogens is 171 g/mol. The van der Waals surface area contributed by atoms with Gasteiger partial charge in [0.25, 0.3) is 5.91 Å². The van der Waals surface area contributed by atoms with E-state index in [1.807, 2.05) is 0 Å². The van der Waals surface area contributed by atoms with Crippen LogP contribution < -0.4 is 11.5 Å². The summed E-state index contributed by atoms with van der Waals surface area (Å²) in [7, 11) is 0. The first-order chi connectivity index (χ1) is 6.02. The van der Waals surface area contributed by atoms with Crippen molar-refractivity contribution in [3.8, 4) is 0 Å². The molecule has 1 amide bonds. The average molecular weight is 182 g/mol. The van der Waals surface area contributed by atoms with Crippen LogP contribution in [0.15, 0.2) is 18.2 Å². The number of benzene rings is 1. The Morgan fingerprint density at radius 1 is 1.54 bits per heavy atom. The summed E-state index contributed by atoms with van der Waals surface area (Å²) in [6.45, 7) is 1.79. The summed E-state index contributed by atoms with van der Waals surface area (Å²) in [4.78, 5) is 10.6. The van der Waals surface area contributed by atoms with Crippen molar-refractivity contribution >= 4 is 11.6 Å². The van der Waals surface area contributed by atoms with Gasteiger partial charge in [0.2, 0.25) is 6.17 Å². The fourth-order valence-electron chi connectivity index (χ4n) is 1.07. The molecule has 0 saturated heterocycles. The summed E-state index contributed by atoms with van der Waals surface area (Å²) in [5.41, 5.74) is 11.5. The van der Waals surface area contributed by atoms with E-state index in [-0.39, 0.29) is 11.3 Å². The highest BCUT2D eigenvalue weighted by Gasteiger charge is 2.18. The summed E-state index contributed by atoms with van der Waals surface area (Å²) in [5.74, 6) is -1.02. The molecule has 70 valence electrons. The van der Waals surface area contributed by atoms with Gasteiger partial charge in [0.15, 0.2) is 0 Å². The van der Waals surface area contributed by atoms with E-state index < -0.39 is 12.1 Å². The van der Waals surface area contributed by atoms with Gasteiger partial charge in [-0.15, -0.1) is 0 Å². The van der Waals surface area contributed by atoms with Gasteiger partial charge in [-0.05, 0) is 13.0 Å². The first-order valence-electron chi connectivity index (χ1n) is 3.82. The molecule has 1 unspecified atom stereocenters. The van der Waals surface area contributed by atoms with Crippen LogP contribution in [0.1, 0.15) is 17.3 Å². The fraction of sp³-hybridized carbons (Fsp3) is 0.222. The first-order valence-corrected chi connectivity index (χ1v) is 3.82. The second-order valence-corrected chi connectivity index (χ2v) is 2.90. The van der Waals surface area contributed by atoms with Crippen LogP contribution in [0.3, 0.4) is 0 Å². The smallest absolute Gasteiger partial charge is 0.256 e. The van der Waals surface area contributed by atoms with Gasteiger partial charge in [-0.25, -0.2) is 4.39 Å². The molecule has 1 rings (SSSR count). The molecule has 4 heteroatoms. The third kappa shape index (κ3) is 1.96. The lowest BCUT2D eigenvalue weighted by molar-refractivity contribution is -0.122. The number of alkyl halides is 1.